The number of nitrogens with one attached hydrogen (secondary N) is 1. The largest absolute Gasteiger partial charge is 0.573 e. The molecule has 0 aromatic heterocycles. The Bertz CT molecular complexity index is 412. The molecule has 2 atom stereocenters. The summed E-state index contributed by atoms with van der Waals surface area (Å²) in [5, 5.41) is 3.15. The second kappa shape index (κ2) is 6.43. The molecule has 1 aliphatic heterocycles. The lowest BCUT2D eigenvalue weighted by molar-refractivity contribution is -0.274. The van der Waals surface area contributed by atoms with Gasteiger partial charge in [0, 0.05) is 18.9 Å². The van der Waals surface area contributed by atoms with E-state index in [0.717, 1.165) is 19.4 Å². The van der Waals surface area contributed by atoms with Crippen molar-refractivity contribution in [2.24, 2.45) is 5.92 Å². The van der Waals surface area contributed by atoms with Crippen LogP contribution in [-0.4, -0.2) is 25.6 Å². The minimum Gasteiger partial charge on any atom is -0.406 e. The third-order valence-electron chi connectivity index (χ3n) is 3.43. The van der Waals surface area contributed by atoms with Crippen LogP contribution in [0.4, 0.5) is 17.6 Å². The molecule has 1 N–H and O–H groups in total. The monoisotopic (exact) mass is 291 g/mol. The van der Waals surface area contributed by atoms with Crippen molar-refractivity contribution >= 4 is 0 Å². The van der Waals surface area contributed by atoms with Gasteiger partial charge in [0.05, 0.1) is 0 Å². The molecule has 1 aliphatic rings. The lowest BCUT2D eigenvalue weighted by Gasteiger charge is -2.25. The molecule has 0 aliphatic carbocycles. The lowest BCUT2D eigenvalue weighted by Crippen LogP contribution is -2.35. The number of hydrogen-bond donors (Lipinski definition) is 1. The van der Waals surface area contributed by atoms with Crippen LogP contribution in [0.1, 0.15) is 18.4 Å². The van der Waals surface area contributed by atoms with Gasteiger partial charge in [-0.25, -0.2) is 4.39 Å². The Labute approximate surface area is 115 Å². The molecule has 0 bridgehead atoms. The van der Waals surface area contributed by atoms with Crippen LogP contribution in [0.2, 0.25) is 0 Å². The van der Waals surface area contributed by atoms with Gasteiger partial charge in [0.25, 0.3) is 0 Å². The first kappa shape index (κ1) is 15.1. The van der Waals surface area contributed by atoms with Crippen molar-refractivity contribution in [3.8, 4) is 5.75 Å². The number of ether oxygens (including phenoxy) is 1. The fourth-order valence-corrected chi connectivity index (χ4v) is 2.41. The zero-order valence-electron chi connectivity index (χ0n) is 10.9. The maximum absolute atomic E-state index is 14.1. The fourth-order valence-electron chi connectivity index (χ4n) is 2.41. The van der Waals surface area contributed by atoms with E-state index < -0.39 is 12.5 Å². The second-order valence-corrected chi connectivity index (χ2v) is 5.02. The van der Waals surface area contributed by atoms with Crippen LogP contribution in [0.25, 0.3) is 0 Å². The molecular formula is C14H17F4NO. The maximum Gasteiger partial charge on any atom is 0.573 e. The molecule has 0 amide bonds. The first-order valence-corrected chi connectivity index (χ1v) is 6.63. The smallest absolute Gasteiger partial charge is 0.406 e. The maximum atomic E-state index is 14.1. The van der Waals surface area contributed by atoms with Gasteiger partial charge in [0.2, 0.25) is 0 Å². The van der Waals surface area contributed by atoms with E-state index in [1.807, 2.05) is 0 Å². The molecule has 20 heavy (non-hydrogen) atoms. The lowest BCUT2D eigenvalue weighted by atomic mass is 9.91. The van der Waals surface area contributed by atoms with Crippen molar-refractivity contribution in [1.82, 2.24) is 5.32 Å². The van der Waals surface area contributed by atoms with Gasteiger partial charge in [0.1, 0.15) is 11.9 Å². The fraction of sp³-hybridized carbons (Fsp3) is 0.571. The molecule has 2 unspecified atom stereocenters. The molecular weight excluding hydrogens is 274 g/mol. The van der Waals surface area contributed by atoms with E-state index in [4.69, 9.17) is 0 Å². The molecule has 0 radical (unpaired) electrons. The molecule has 1 heterocycles. The summed E-state index contributed by atoms with van der Waals surface area (Å²) in [5.74, 6) is -0.300. The molecule has 6 heteroatoms. The Hall–Kier alpha value is -1.30. The molecule has 2 rings (SSSR count). The molecule has 1 fully saturated rings. The van der Waals surface area contributed by atoms with Crippen molar-refractivity contribution in [3.63, 3.8) is 0 Å². The highest BCUT2D eigenvalue weighted by Crippen LogP contribution is 2.25. The minimum absolute atomic E-state index is 0.0187. The summed E-state index contributed by atoms with van der Waals surface area (Å²) in [6, 6.07) is 5.39. The summed E-state index contributed by atoms with van der Waals surface area (Å²) < 4.78 is 53.9. The van der Waals surface area contributed by atoms with E-state index in [9.17, 15) is 17.6 Å². The first-order chi connectivity index (χ1) is 9.44. The van der Waals surface area contributed by atoms with Gasteiger partial charge < -0.3 is 10.1 Å². The van der Waals surface area contributed by atoms with Gasteiger partial charge in [-0.15, -0.1) is 13.2 Å². The second-order valence-electron chi connectivity index (χ2n) is 5.02. The topological polar surface area (TPSA) is 21.3 Å². The van der Waals surface area contributed by atoms with E-state index in [1.54, 1.807) is 0 Å². The number of piperidine rings is 1. The summed E-state index contributed by atoms with van der Waals surface area (Å²) in [5.41, 5.74) is 0.678. The first-order valence-electron chi connectivity index (χ1n) is 6.63. The zero-order chi connectivity index (χ0) is 14.6. The third kappa shape index (κ3) is 4.67. The molecule has 0 spiro atoms. The summed E-state index contributed by atoms with van der Waals surface area (Å²) in [7, 11) is 0. The van der Waals surface area contributed by atoms with Crippen molar-refractivity contribution in [2.75, 3.05) is 13.1 Å². The van der Waals surface area contributed by atoms with Crippen LogP contribution >= 0.6 is 0 Å². The van der Waals surface area contributed by atoms with Crippen molar-refractivity contribution in [1.29, 1.82) is 0 Å². The minimum atomic E-state index is -4.70. The highest BCUT2D eigenvalue weighted by molar-refractivity contribution is 5.27. The van der Waals surface area contributed by atoms with Gasteiger partial charge in [0.15, 0.2) is 0 Å². The van der Waals surface area contributed by atoms with E-state index >= 15 is 0 Å². The van der Waals surface area contributed by atoms with Crippen molar-refractivity contribution < 1.29 is 22.3 Å². The van der Waals surface area contributed by atoms with Crippen LogP contribution in [0, 0.1) is 5.92 Å². The summed E-state index contributed by atoms with van der Waals surface area (Å²) >= 11 is 0. The Morgan fingerprint density at radius 1 is 1.25 bits per heavy atom. The van der Waals surface area contributed by atoms with Gasteiger partial charge >= 0.3 is 6.36 Å². The van der Waals surface area contributed by atoms with E-state index in [0.29, 0.717) is 12.1 Å². The SMILES string of the molecule is FC(Cc1ccc(OC(F)(F)F)cc1)C1CCCNC1. The van der Waals surface area contributed by atoms with Crippen LogP contribution in [0.15, 0.2) is 24.3 Å². The average molecular weight is 291 g/mol. The molecule has 0 saturated carbocycles. The average Bonchev–Trinajstić information content (AvgIpc) is 2.40. The van der Waals surface area contributed by atoms with Crippen molar-refractivity contribution in [2.45, 2.75) is 31.8 Å². The predicted molar refractivity (Wildman–Crippen MR) is 67.3 cm³/mol. The van der Waals surface area contributed by atoms with Crippen LogP contribution in [0.3, 0.4) is 0 Å². The quantitative estimate of drug-likeness (QED) is 0.858. The van der Waals surface area contributed by atoms with E-state index in [1.165, 1.54) is 24.3 Å². The third-order valence-corrected chi connectivity index (χ3v) is 3.43. The van der Waals surface area contributed by atoms with E-state index in [-0.39, 0.29) is 18.1 Å². The summed E-state index contributed by atoms with van der Waals surface area (Å²) in [4.78, 5) is 0. The number of halogens is 4. The molecule has 2 nitrogen and oxygen atoms in total. The highest BCUT2D eigenvalue weighted by atomic mass is 19.4. The van der Waals surface area contributed by atoms with Crippen LogP contribution in [-0.2, 0) is 6.42 Å². The van der Waals surface area contributed by atoms with E-state index in [2.05, 4.69) is 10.1 Å². The number of alkyl halides is 4. The number of benzene rings is 1. The number of rotatable bonds is 4. The number of hydrogen-bond acceptors (Lipinski definition) is 2. The Kier molecular flexibility index (Phi) is 4.86. The van der Waals surface area contributed by atoms with Gasteiger partial charge in [-0.2, -0.15) is 0 Å². The predicted octanol–water partition coefficient (Wildman–Crippen LogP) is 3.47. The Morgan fingerprint density at radius 3 is 2.50 bits per heavy atom. The van der Waals surface area contributed by atoms with Crippen LogP contribution < -0.4 is 10.1 Å². The Balaban J connectivity index is 1.89. The van der Waals surface area contributed by atoms with Gasteiger partial charge in [-0.3, -0.25) is 0 Å². The van der Waals surface area contributed by atoms with Gasteiger partial charge in [-0.1, -0.05) is 12.1 Å². The molecule has 1 saturated heterocycles. The molecule has 1 aromatic rings. The highest BCUT2D eigenvalue weighted by Gasteiger charge is 2.31. The molecule has 112 valence electrons. The molecule has 1 aromatic carbocycles. The Morgan fingerprint density at radius 2 is 1.95 bits per heavy atom. The summed E-state index contributed by atoms with van der Waals surface area (Å²) in [6.07, 6.45) is -3.64. The van der Waals surface area contributed by atoms with Crippen LogP contribution in [0.5, 0.6) is 5.75 Å². The standard InChI is InChI=1S/C14H17F4NO/c15-13(11-2-1-7-19-9-11)8-10-3-5-12(6-4-10)20-14(16,17)18/h3-6,11,13,19H,1-2,7-9H2. The summed E-state index contributed by atoms with van der Waals surface area (Å²) in [6.45, 7) is 1.59. The van der Waals surface area contributed by atoms with Gasteiger partial charge in [-0.05, 0) is 37.1 Å². The zero-order valence-corrected chi connectivity index (χ0v) is 10.9. The van der Waals surface area contributed by atoms with Crippen molar-refractivity contribution in [3.05, 3.63) is 29.8 Å². The normalized spacial score (nSPS) is 21.5.